The standard InChI is InChI=1S/C21H24N2O6S2/c1-4-18-21(25)23-17-12-16(5-6-19(17)30-18)31(26,27)8-7-20(24)22-13-9-14(28-2)11-15(10-13)29-3/h5-6,9-12,18H,4,7-8H2,1-3H3,(H,22,24)(H,23,25)/t18-/m0/s1. The minimum atomic E-state index is -3.71. The van der Waals surface area contributed by atoms with Crippen molar-refractivity contribution in [3.8, 4) is 11.5 Å². The lowest BCUT2D eigenvalue weighted by atomic mass is 10.2. The summed E-state index contributed by atoms with van der Waals surface area (Å²) in [4.78, 5) is 25.3. The van der Waals surface area contributed by atoms with Crippen LogP contribution in [0.15, 0.2) is 46.2 Å². The summed E-state index contributed by atoms with van der Waals surface area (Å²) >= 11 is 1.42. The van der Waals surface area contributed by atoms with E-state index in [1.54, 1.807) is 24.3 Å². The van der Waals surface area contributed by atoms with E-state index in [0.29, 0.717) is 29.3 Å². The molecule has 0 unspecified atom stereocenters. The molecule has 2 aromatic carbocycles. The molecule has 2 aromatic rings. The molecule has 0 aliphatic carbocycles. The fraction of sp³-hybridized carbons (Fsp3) is 0.333. The van der Waals surface area contributed by atoms with Crippen LogP contribution in [0.1, 0.15) is 19.8 Å². The van der Waals surface area contributed by atoms with Gasteiger partial charge in [-0.2, -0.15) is 0 Å². The number of thioether (sulfide) groups is 1. The molecule has 1 atom stereocenters. The van der Waals surface area contributed by atoms with Gasteiger partial charge in [0, 0.05) is 35.2 Å². The number of nitrogens with one attached hydrogen (secondary N) is 2. The number of hydrogen-bond donors (Lipinski definition) is 2. The molecular formula is C21H24N2O6S2. The second-order valence-corrected chi connectivity index (χ2v) is 10.2. The average molecular weight is 465 g/mol. The van der Waals surface area contributed by atoms with Gasteiger partial charge in [-0.1, -0.05) is 6.92 Å². The Morgan fingerprint density at radius 3 is 2.42 bits per heavy atom. The number of benzene rings is 2. The highest BCUT2D eigenvalue weighted by Gasteiger charge is 2.27. The highest BCUT2D eigenvalue weighted by atomic mass is 32.2. The lowest BCUT2D eigenvalue weighted by molar-refractivity contribution is -0.116. The number of amides is 2. The molecule has 31 heavy (non-hydrogen) atoms. The maximum absolute atomic E-state index is 12.7. The summed E-state index contributed by atoms with van der Waals surface area (Å²) in [5.41, 5.74) is 0.922. The Hall–Kier alpha value is -2.72. The van der Waals surface area contributed by atoms with Gasteiger partial charge in [0.25, 0.3) is 0 Å². The number of fused-ring (bicyclic) bond motifs is 1. The Labute approximate surface area is 185 Å². The van der Waals surface area contributed by atoms with Gasteiger partial charge in [0.1, 0.15) is 11.5 Å². The first kappa shape index (κ1) is 23.0. The number of carbonyl (C=O) groups is 2. The Balaban J connectivity index is 1.67. The van der Waals surface area contributed by atoms with Gasteiger partial charge in [-0.15, -0.1) is 11.8 Å². The molecule has 0 spiro atoms. The first-order valence-corrected chi connectivity index (χ1v) is 12.2. The fourth-order valence-electron chi connectivity index (χ4n) is 3.04. The van der Waals surface area contributed by atoms with Crippen molar-refractivity contribution >= 4 is 44.8 Å². The highest BCUT2D eigenvalue weighted by Crippen LogP contribution is 2.38. The van der Waals surface area contributed by atoms with Gasteiger partial charge in [-0.3, -0.25) is 9.59 Å². The van der Waals surface area contributed by atoms with Crippen LogP contribution in [0.2, 0.25) is 0 Å². The predicted octanol–water partition coefficient (Wildman–Crippen LogP) is 3.33. The molecular weight excluding hydrogens is 440 g/mol. The molecule has 0 radical (unpaired) electrons. The highest BCUT2D eigenvalue weighted by molar-refractivity contribution is 8.01. The zero-order valence-electron chi connectivity index (χ0n) is 17.4. The summed E-state index contributed by atoms with van der Waals surface area (Å²) in [6, 6.07) is 9.54. The number of methoxy groups -OCH3 is 2. The third-order valence-corrected chi connectivity index (χ3v) is 7.89. The number of ether oxygens (including phenoxy) is 2. The van der Waals surface area contributed by atoms with Crippen molar-refractivity contribution in [2.75, 3.05) is 30.6 Å². The third-order valence-electron chi connectivity index (χ3n) is 4.73. The van der Waals surface area contributed by atoms with E-state index in [4.69, 9.17) is 9.47 Å². The fourth-order valence-corrected chi connectivity index (χ4v) is 5.33. The molecule has 0 saturated carbocycles. The van der Waals surface area contributed by atoms with Crippen LogP contribution in [0.4, 0.5) is 11.4 Å². The van der Waals surface area contributed by atoms with E-state index in [2.05, 4.69) is 10.6 Å². The van der Waals surface area contributed by atoms with E-state index in [9.17, 15) is 18.0 Å². The molecule has 0 saturated heterocycles. The van der Waals surface area contributed by atoms with Crippen LogP contribution < -0.4 is 20.1 Å². The van der Waals surface area contributed by atoms with Gasteiger partial charge in [-0.25, -0.2) is 8.42 Å². The SMILES string of the molecule is CC[C@@H]1Sc2ccc(S(=O)(=O)CCC(=O)Nc3cc(OC)cc(OC)c3)cc2NC1=O. The molecule has 2 amide bonds. The van der Waals surface area contributed by atoms with Crippen LogP contribution in [0.5, 0.6) is 11.5 Å². The molecule has 2 N–H and O–H groups in total. The lowest BCUT2D eigenvalue weighted by Crippen LogP contribution is -2.28. The molecule has 1 aliphatic heterocycles. The van der Waals surface area contributed by atoms with Crippen LogP contribution in [-0.2, 0) is 19.4 Å². The van der Waals surface area contributed by atoms with E-state index >= 15 is 0 Å². The quantitative estimate of drug-likeness (QED) is 0.616. The maximum Gasteiger partial charge on any atom is 0.237 e. The normalized spacial score (nSPS) is 15.6. The van der Waals surface area contributed by atoms with Crippen molar-refractivity contribution in [1.82, 2.24) is 0 Å². The van der Waals surface area contributed by atoms with Gasteiger partial charge in [-0.05, 0) is 24.6 Å². The summed E-state index contributed by atoms with van der Waals surface area (Å²) in [6.07, 6.45) is 0.461. The number of carbonyl (C=O) groups excluding carboxylic acids is 2. The van der Waals surface area contributed by atoms with Crippen LogP contribution in [0, 0.1) is 0 Å². The molecule has 1 heterocycles. The summed E-state index contributed by atoms with van der Waals surface area (Å²) in [5.74, 6) is 0.0504. The van der Waals surface area contributed by atoms with Crippen molar-refractivity contribution in [3.05, 3.63) is 36.4 Å². The van der Waals surface area contributed by atoms with Gasteiger partial charge in [0.2, 0.25) is 11.8 Å². The van der Waals surface area contributed by atoms with Crippen LogP contribution in [0.25, 0.3) is 0 Å². The van der Waals surface area contributed by atoms with Crippen molar-refractivity contribution in [3.63, 3.8) is 0 Å². The number of sulfone groups is 1. The van der Waals surface area contributed by atoms with Crippen molar-refractivity contribution in [2.45, 2.75) is 34.8 Å². The summed E-state index contributed by atoms with van der Waals surface area (Å²) < 4.78 is 35.8. The maximum atomic E-state index is 12.7. The smallest absolute Gasteiger partial charge is 0.237 e. The van der Waals surface area contributed by atoms with Gasteiger partial charge in [0.15, 0.2) is 9.84 Å². The number of hydrogen-bond acceptors (Lipinski definition) is 7. The lowest BCUT2D eigenvalue weighted by Gasteiger charge is -2.23. The van der Waals surface area contributed by atoms with E-state index < -0.39 is 15.7 Å². The molecule has 1 aliphatic rings. The van der Waals surface area contributed by atoms with E-state index in [1.807, 2.05) is 6.92 Å². The van der Waals surface area contributed by atoms with Crippen molar-refractivity contribution in [2.24, 2.45) is 0 Å². The van der Waals surface area contributed by atoms with Gasteiger partial charge >= 0.3 is 0 Å². The van der Waals surface area contributed by atoms with Crippen molar-refractivity contribution < 1.29 is 27.5 Å². The minimum Gasteiger partial charge on any atom is -0.497 e. The minimum absolute atomic E-state index is 0.0675. The largest absolute Gasteiger partial charge is 0.497 e. The van der Waals surface area contributed by atoms with Gasteiger partial charge in [0.05, 0.1) is 35.8 Å². The second-order valence-electron chi connectivity index (χ2n) is 6.88. The average Bonchev–Trinajstić information content (AvgIpc) is 2.76. The second kappa shape index (κ2) is 9.61. The zero-order chi connectivity index (χ0) is 22.6. The summed E-state index contributed by atoms with van der Waals surface area (Å²) in [6.45, 7) is 1.92. The first-order chi connectivity index (χ1) is 14.7. The van der Waals surface area contributed by atoms with E-state index in [-0.39, 0.29) is 28.2 Å². The van der Waals surface area contributed by atoms with Crippen molar-refractivity contribution in [1.29, 1.82) is 0 Å². The predicted molar refractivity (Wildman–Crippen MR) is 120 cm³/mol. The van der Waals surface area contributed by atoms with Crippen LogP contribution >= 0.6 is 11.8 Å². The summed E-state index contributed by atoms with van der Waals surface area (Å²) in [7, 11) is -0.724. The molecule has 0 fully saturated rings. The molecule has 10 heteroatoms. The molecule has 8 nitrogen and oxygen atoms in total. The summed E-state index contributed by atoms with van der Waals surface area (Å²) in [5, 5.41) is 5.24. The molecule has 166 valence electrons. The Kier molecular flexibility index (Phi) is 7.11. The van der Waals surface area contributed by atoms with Crippen LogP contribution in [0.3, 0.4) is 0 Å². The topological polar surface area (TPSA) is 111 Å². The Bertz CT molecular complexity index is 1080. The third kappa shape index (κ3) is 5.50. The van der Waals surface area contributed by atoms with E-state index in [1.165, 1.54) is 38.1 Å². The molecule has 3 rings (SSSR count). The monoisotopic (exact) mass is 464 g/mol. The Morgan fingerprint density at radius 1 is 1.13 bits per heavy atom. The zero-order valence-corrected chi connectivity index (χ0v) is 19.1. The molecule has 0 bridgehead atoms. The van der Waals surface area contributed by atoms with E-state index in [0.717, 1.165) is 4.90 Å². The van der Waals surface area contributed by atoms with Gasteiger partial charge < -0.3 is 20.1 Å². The van der Waals surface area contributed by atoms with Crippen LogP contribution in [-0.4, -0.2) is 45.5 Å². The number of anilines is 2. The first-order valence-electron chi connectivity index (χ1n) is 9.63. The number of rotatable bonds is 8. The molecule has 0 aromatic heterocycles. The Morgan fingerprint density at radius 2 is 1.81 bits per heavy atom.